The highest BCUT2D eigenvalue weighted by Crippen LogP contribution is 2.29. The molecule has 0 fully saturated rings. The smallest absolute Gasteiger partial charge is 0.339 e. The van der Waals surface area contributed by atoms with Crippen molar-refractivity contribution in [2.24, 2.45) is 0 Å². The lowest BCUT2D eigenvalue weighted by molar-refractivity contribution is -0.137. The molecule has 4 rings (SSSR count). The molecule has 0 saturated heterocycles. The van der Waals surface area contributed by atoms with Crippen molar-refractivity contribution in [3.63, 3.8) is 0 Å². The summed E-state index contributed by atoms with van der Waals surface area (Å²) in [6, 6.07) is 14.2. The third-order valence-corrected chi connectivity index (χ3v) is 5.89. The Morgan fingerprint density at radius 2 is 1.73 bits per heavy atom. The molecular weight excluding hydrogens is 457 g/mol. The predicted octanol–water partition coefficient (Wildman–Crippen LogP) is 4.68. The molecule has 2 aromatic heterocycles. The number of benzene rings is 2. The minimum Gasteiger partial charge on any atom is -0.339 e. The molecule has 2 heterocycles. The lowest BCUT2D eigenvalue weighted by Crippen LogP contribution is -2.16. The molecular formula is C22H17F3N4O3S. The van der Waals surface area contributed by atoms with Crippen LogP contribution in [0.3, 0.4) is 0 Å². The number of pyridine rings is 1. The van der Waals surface area contributed by atoms with Crippen LogP contribution in [-0.4, -0.2) is 23.5 Å². The molecule has 0 saturated carbocycles. The van der Waals surface area contributed by atoms with Crippen LogP contribution in [0.1, 0.15) is 22.6 Å². The predicted molar refractivity (Wildman–Crippen MR) is 114 cm³/mol. The molecule has 11 heteroatoms. The maximum atomic E-state index is 12.7. The molecule has 4 aromatic rings. The quantitative estimate of drug-likeness (QED) is 0.418. The summed E-state index contributed by atoms with van der Waals surface area (Å²) in [5.41, 5.74) is 0.969. The number of para-hydroxylation sites is 1. The fourth-order valence-electron chi connectivity index (χ4n) is 3.09. The number of nitrogens with one attached hydrogen (secondary N) is 1. The molecule has 170 valence electrons. The Bertz CT molecular complexity index is 1340. The third-order valence-electron chi connectivity index (χ3n) is 4.65. The van der Waals surface area contributed by atoms with Gasteiger partial charge in [0.25, 0.3) is 0 Å². The largest absolute Gasteiger partial charge is 0.416 e. The molecule has 2 aromatic carbocycles. The van der Waals surface area contributed by atoms with Gasteiger partial charge in [-0.15, -0.1) is 0 Å². The van der Waals surface area contributed by atoms with Crippen LogP contribution in [-0.2, 0) is 28.4 Å². The van der Waals surface area contributed by atoms with Crippen molar-refractivity contribution in [2.75, 3.05) is 4.72 Å². The summed E-state index contributed by atoms with van der Waals surface area (Å²) in [5.74, 6) is 0.160. The maximum Gasteiger partial charge on any atom is 0.416 e. The second-order valence-electron chi connectivity index (χ2n) is 7.14. The number of sulfonamides is 1. The Morgan fingerprint density at radius 3 is 2.42 bits per heavy atom. The highest BCUT2D eigenvalue weighted by Gasteiger charge is 2.30. The summed E-state index contributed by atoms with van der Waals surface area (Å²) >= 11 is 0. The summed E-state index contributed by atoms with van der Waals surface area (Å²) in [6.07, 6.45) is -1.10. The van der Waals surface area contributed by atoms with Gasteiger partial charge >= 0.3 is 6.18 Å². The fraction of sp³-hybridized carbons (Fsp3) is 0.136. The zero-order valence-electron chi connectivity index (χ0n) is 17.0. The van der Waals surface area contributed by atoms with Gasteiger partial charge in [0, 0.05) is 18.0 Å². The van der Waals surface area contributed by atoms with Crippen molar-refractivity contribution in [1.29, 1.82) is 0 Å². The van der Waals surface area contributed by atoms with Crippen LogP contribution in [0, 0.1) is 0 Å². The van der Waals surface area contributed by atoms with Crippen molar-refractivity contribution in [1.82, 2.24) is 15.1 Å². The zero-order chi connectivity index (χ0) is 23.5. The van der Waals surface area contributed by atoms with Crippen molar-refractivity contribution in [3.05, 3.63) is 95.6 Å². The van der Waals surface area contributed by atoms with Crippen molar-refractivity contribution < 1.29 is 26.1 Å². The van der Waals surface area contributed by atoms with Gasteiger partial charge in [-0.3, -0.25) is 9.71 Å². The first-order valence-corrected chi connectivity index (χ1v) is 11.3. The van der Waals surface area contributed by atoms with Crippen LogP contribution in [0.4, 0.5) is 18.9 Å². The van der Waals surface area contributed by atoms with E-state index in [0.717, 1.165) is 24.3 Å². The summed E-state index contributed by atoms with van der Waals surface area (Å²) in [5, 5.41) is 3.92. The standard InChI is InChI=1S/C22H17F3N4O3S/c23-22(24,25)18-9-7-15(8-10-18)14-33(30,31)29-19-6-2-1-4-16(19)12-20-27-21(28-32-20)17-5-3-11-26-13-17/h1-11,13,29H,12,14H2. The Kier molecular flexibility index (Phi) is 6.14. The van der Waals surface area contributed by atoms with Crippen LogP contribution in [0.15, 0.2) is 77.6 Å². The normalized spacial score (nSPS) is 12.0. The van der Waals surface area contributed by atoms with Crippen molar-refractivity contribution in [2.45, 2.75) is 18.3 Å². The van der Waals surface area contributed by atoms with Crippen LogP contribution in [0.25, 0.3) is 11.4 Å². The van der Waals surface area contributed by atoms with Gasteiger partial charge in [-0.05, 0) is 41.5 Å². The molecule has 0 amide bonds. The van der Waals surface area contributed by atoms with Gasteiger partial charge in [0.1, 0.15) is 0 Å². The first kappa shape index (κ1) is 22.5. The number of rotatable bonds is 7. The third kappa shape index (κ3) is 5.75. The van der Waals surface area contributed by atoms with Crippen molar-refractivity contribution >= 4 is 15.7 Å². The van der Waals surface area contributed by atoms with Gasteiger partial charge in [-0.25, -0.2) is 8.42 Å². The van der Waals surface area contributed by atoms with Gasteiger partial charge in [0.2, 0.25) is 21.7 Å². The Balaban J connectivity index is 1.49. The van der Waals surface area contributed by atoms with Gasteiger partial charge in [-0.1, -0.05) is 35.5 Å². The molecule has 0 aliphatic carbocycles. The van der Waals surface area contributed by atoms with E-state index < -0.39 is 27.5 Å². The Morgan fingerprint density at radius 1 is 0.970 bits per heavy atom. The number of anilines is 1. The van der Waals surface area contributed by atoms with E-state index in [4.69, 9.17) is 4.52 Å². The van der Waals surface area contributed by atoms with E-state index in [1.54, 1.807) is 48.8 Å². The molecule has 0 aliphatic heterocycles. The van der Waals surface area contributed by atoms with Crippen LogP contribution < -0.4 is 4.72 Å². The zero-order valence-corrected chi connectivity index (χ0v) is 17.8. The number of nitrogens with zero attached hydrogens (tertiary/aromatic N) is 3. The second kappa shape index (κ2) is 9.02. The van der Waals surface area contributed by atoms with Gasteiger partial charge in [-0.2, -0.15) is 18.2 Å². The first-order valence-electron chi connectivity index (χ1n) is 9.67. The number of hydrogen-bond acceptors (Lipinski definition) is 6. The highest BCUT2D eigenvalue weighted by atomic mass is 32.2. The minimum absolute atomic E-state index is 0.173. The molecule has 0 unspecified atom stereocenters. The lowest BCUT2D eigenvalue weighted by atomic mass is 10.1. The molecule has 0 bridgehead atoms. The van der Waals surface area contributed by atoms with Gasteiger partial charge in [0.15, 0.2) is 0 Å². The SMILES string of the molecule is O=S(=O)(Cc1ccc(C(F)(F)F)cc1)Nc1ccccc1Cc1nc(-c2cccnc2)no1. The molecule has 0 radical (unpaired) electrons. The Hall–Kier alpha value is -3.73. The van der Waals surface area contributed by atoms with Crippen LogP contribution in [0.5, 0.6) is 0 Å². The Labute approximate surface area is 187 Å². The van der Waals surface area contributed by atoms with E-state index in [1.165, 1.54) is 0 Å². The fourth-order valence-corrected chi connectivity index (χ4v) is 4.33. The minimum atomic E-state index is -4.49. The molecule has 0 spiro atoms. The molecule has 0 aliphatic rings. The van der Waals surface area contributed by atoms with Gasteiger partial charge in [0.05, 0.1) is 23.4 Å². The van der Waals surface area contributed by atoms with E-state index in [9.17, 15) is 21.6 Å². The van der Waals surface area contributed by atoms with E-state index in [-0.39, 0.29) is 17.9 Å². The second-order valence-corrected chi connectivity index (χ2v) is 8.87. The molecule has 33 heavy (non-hydrogen) atoms. The van der Waals surface area contributed by atoms with Crippen LogP contribution in [0.2, 0.25) is 0 Å². The van der Waals surface area contributed by atoms with E-state index in [0.29, 0.717) is 22.6 Å². The molecule has 7 nitrogen and oxygen atoms in total. The van der Waals surface area contributed by atoms with Crippen LogP contribution >= 0.6 is 0 Å². The average Bonchev–Trinajstić information content (AvgIpc) is 3.24. The molecule has 0 atom stereocenters. The summed E-state index contributed by atoms with van der Waals surface area (Å²) < 4.78 is 71.2. The molecule has 1 N–H and O–H groups in total. The monoisotopic (exact) mass is 474 g/mol. The maximum absolute atomic E-state index is 12.7. The topological polar surface area (TPSA) is 98.0 Å². The number of halogens is 3. The number of alkyl halides is 3. The summed E-state index contributed by atoms with van der Waals surface area (Å²) in [4.78, 5) is 8.33. The number of aromatic nitrogens is 3. The van der Waals surface area contributed by atoms with Gasteiger partial charge < -0.3 is 4.52 Å². The lowest BCUT2D eigenvalue weighted by Gasteiger charge is -2.12. The first-order chi connectivity index (χ1) is 15.7. The summed E-state index contributed by atoms with van der Waals surface area (Å²) in [7, 11) is -3.89. The summed E-state index contributed by atoms with van der Waals surface area (Å²) in [6.45, 7) is 0. The van der Waals surface area contributed by atoms with E-state index in [1.807, 2.05) is 0 Å². The average molecular weight is 474 g/mol. The number of hydrogen-bond donors (Lipinski definition) is 1. The highest BCUT2D eigenvalue weighted by molar-refractivity contribution is 7.91. The van der Waals surface area contributed by atoms with E-state index >= 15 is 0 Å². The van der Waals surface area contributed by atoms with E-state index in [2.05, 4.69) is 19.8 Å². The van der Waals surface area contributed by atoms with Crippen molar-refractivity contribution in [3.8, 4) is 11.4 Å².